The molecule has 0 bridgehead atoms. The second-order valence-corrected chi connectivity index (χ2v) is 8.25. The number of carbonyl (C=O) groups is 1. The fourth-order valence-corrected chi connectivity index (χ4v) is 4.48. The van der Waals surface area contributed by atoms with Crippen molar-refractivity contribution in [2.24, 2.45) is 0 Å². The molecule has 2 aromatic carbocycles. The highest BCUT2D eigenvalue weighted by molar-refractivity contribution is 5.74. The minimum Gasteiger partial charge on any atom is -0.359 e. The molecule has 0 saturated carbocycles. The lowest BCUT2D eigenvalue weighted by Crippen LogP contribution is -2.29. The summed E-state index contributed by atoms with van der Waals surface area (Å²) >= 11 is 0. The number of hydrogen-bond acceptors (Lipinski definition) is 1. The molecule has 1 aromatic heterocycles. The van der Waals surface area contributed by atoms with Crippen LogP contribution in [0.5, 0.6) is 0 Å². The zero-order valence-corrected chi connectivity index (χ0v) is 18.9. The van der Waals surface area contributed by atoms with Gasteiger partial charge in [-0.15, -0.1) is 0 Å². The average molecular weight is 418 g/mol. The molecule has 31 heavy (non-hydrogen) atoms. The Hall–Kier alpha value is -2.94. The second kappa shape index (κ2) is 10.4. The molecule has 3 aromatic rings. The first-order valence-electron chi connectivity index (χ1n) is 11.2. The van der Waals surface area contributed by atoms with E-state index in [-0.39, 0.29) is 17.7 Å². The third-order valence-corrected chi connectivity index (χ3v) is 5.98. The molecule has 3 heteroatoms. The summed E-state index contributed by atoms with van der Waals surface area (Å²) in [6, 6.07) is 16.6. The van der Waals surface area contributed by atoms with Crippen LogP contribution in [0.2, 0.25) is 0 Å². The number of benzene rings is 2. The van der Waals surface area contributed by atoms with Crippen molar-refractivity contribution in [1.82, 2.24) is 4.98 Å². The molecule has 2 unspecified atom stereocenters. The van der Waals surface area contributed by atoms with Gasteiger partial charge in [0.15, 0.2) is 0 Å². The van der Waals surface area contributed by atoms with Crippen molar-refractivity contribution in [3.05, 3.63) is 93.1 Å². The lowest BCUT2D eigenvalue weighted by Gasteiger charge is -2.28. The molecule has 0 radical (unpaired) electrons. The summed E-state index contributed by atoms with van der Waals surface area (Å²) in [7, 11) is 0. The van der Waals surface area contributed by atoms with E-state index in [1.165, 1.54) is 23.6 Å². The smallest absolute Gasteiger partial charge is 0.150 e. The van der Waals surface area contributed by atoms with Gasteiger partial charge in [-0.1, -0.05) is 80.4 Å². The Kier molecular flexibility index (Phi) is 7.62. The number of rotatable bonds is 8. The predicted molar refractivity (Wildman–Crippen MR) is 127 cm³/mol. The number of halogens is 1. The minimum absolute atomic E-state index is 0.0739. The fraction of sp³-hybridized carbons (Fsp3) is 0.321. The van der Waals surface area contributed by atoms with Gasteiger partial charge in [-0.05, 0) is 49.3 Å². The molecule has 0 saturated heterocycles. The first kappa shape index (κ1) is 22.7. The highest BCUT2D eigenvalue weighted by atomic mass is 19.1. The van der Waals surface area contributed by atoms with Crippen LogP contribution in [-0.2, 0) is 0 Å². The number of aldehydes is 1. The molecule has 1 N–H and O–H groups in total. The summed E-state index contributed by atoms with van der Waals surface area (Å²) in [5.74, 6) is 0.0850. The maximum absolute atomic E-state index is 14.3. The summed E-state index contributed by atoms with van der Waals surface area (Å²) in [6.07, 6.45) is 7.82. The van der Waals surface area contributed by atoms with Gasteiger partial charge in [0.2, 0.25) is 0 Å². The van der Waals surface area contributed by atoms with E-state index in [9.17, 15) is 9.18 Å². The SMILES string of the molecule is CC/C=c1/c(C(c2ccc(C)cc2)C(CCC)c2ccc(C=O)cc2)c[nH]/c1=C(/C)F. The van der Waals surface area contributed by atoms with Crippen LogP contribution in [0.15, 0.2) is 54.7 Å². The van der Waals surface area contributed by atoms with Crippen molar-refractivity contribution in [3.8, 4) is 0 Å². The van der Waals surface area contributed by atoms with E-state index < -0.39 is 0 Å². The molecule has 0 fully saturated rings. The molecule has 3 rings (SSSR count). The van der Waals surface area contributed by atoms with Crippen LogP contribution in [-0.4, -0.2) is 11.3 Å². The van der Waals surface area contributed by atoms with Crippen molar-refractivity contribution in [2.45, 2.75) is 58.8 Å². The van der Waals surface area contributed by atoms with Crippen molar-refractivity contribution >= 4 is 18.2 Å². The standard InChI is InChI=1S/C28H32FNO/c1-5-7-24(22-15-11-21(18-31)12-16-22)27(23-13-9-19(3)10-14-23)26-17-30-28(20(4)29)25(26)8-6-2/h8-18,24,27,30H,5-7H2,1-4H3/b25-8-,28-20-. The first-order valence-corrected chi connectivity index (χ1v) is 11.2. The summed E-state index contributed by atoms with van der Waals surface area (Å²) in [5.41, 5.74) is 5.43. The quantitative estimate of drug-likeness (QED) is 0.439. The van der Waals surface area contributed by atoms with E-state index in [2.05, 4.69) is 68.2 Å². The van der Waals surface area contributed by atoms with Gasteiger partial charge < -0.3 is 4.98 Å². The number of aromatic nitrogens is 1. The molecule has 0 aliphatic heterocycles. The Labute approximate surface area is 184 Å². The largest absolute Gasteiger partial charge is 0.359 e. The number of aryl methyl sites for hydroxylation is 1. The summed E-state index contributed by atoms with van der Waals surface area (Å²) in [4.78, 5) is 14.4. The third kappa shape index (κ3) is 5.04. The highest BCUT2D eigenvalue weighted by Gasteiger charge is 2.28. The van der Waals surface area contributed by atoms with Gasteiger partial charge in [-0.3, -0.25) is 4.79 Å². The molecule has 0 amide bonds. The lowest BCUT2D eigenvalue weighted by atomic mass is 9.75. The minimum atomic E-state index is -0.198. The van der Waals surface area contributed by atoms with Gasteiger partial charge in [-0.25, -0.2) is 4.39 Å². The lowest BCUT2D eigenvalue weighted by molar-refractivity contribution is 0.112. The second-order valence-electron chi connectivity index (χ2n) is 8.25. The van der Waals surface area contributed by atoms with Crippen molar-refractivity contribution < 1.29 is 9.18 Å². The van der Waals surface area contributed by atoms with Crippen LogP contribution >= 0.6 is 0 Å². The van der Waals surface area contributed by atoms with Crippen LogP contribution in [0.25, 0.3) is 11.9 Å². The zero-order valence-electron chi connectivity index (χ0n) is 18.9. The topological polar surface area (TPSA) is 32.9 Å². The summed E-state index contributed by atoms with van der Waals surface area (Å²) in [6.45, 7) is 7.87. The molecule has 0 aliphatic carbocycles. The van der Waals surface area contributed by atoms with Crippen LogP contribution in [0.4, 0.5) is 4.39 Å². The number of aromatic amines is 1. The van der Waals surface area contributed by atoms with E-state index in [0.29, 0.717) is 10.9 Å². The molecule has 0 aliphatic rings. The van der Waals surface area contributed by atoms with Gasteiger partial charge >= 0.3 is 0 Å². The normalized spacial score (nSPS) is 14.9. The predicted octanol–water partition coefficient (Wildman–Crippen LogP) is 6.14. The highest BCUT2D eigenvalue weighted by Crippen LogP contribution is 2.40. The zero-order chi connectivity index (χ0) is 22.4. The Morgan fingerprint density at radius 2 is 1.68 bits per heavy atom. The maximum Gasteiger partial charge on any atom is 0.150 e. The van der Waals surface area contributed by atoms with Crippen LogP contribution in [0, 0.1) is 6.92 Å². The van der Waals surface area contributed by atoms with E-state index in [1.807, 2.05) is 18.3 Å². The molecule has 2 atom stereocenters. The van der Waals surface area contributed by atoms with E-state index in [4.69, 9.17) is 0 Å². The monoisotopic (exact) mass is 417 g/mol. The van der Waals surface area contributed by atoms with E-state index in [1.54, 1.807) is 0 Å². The summed E-state index contributed by atoms with van der Waals surface area (Å²) < 4.78 is 14.3. The Morgan fingerprint density at radius 3 is 2.23 bits per heavy atom. The van der Waals surface area contributed by atoms with Crippen LogP contribution < -0.4 is 10.6 Å². The van der Waals surface area contributed by atoms with E-state index in [0.717, 1.165) is 36.3 Å². The van der Waals surface area contributed by atoms with Crippen LogP contribution in [0.1, 0.15) is 84.5 Å². The van der Waals surface area contributed by atoms with Gasteiger partial charge in [0.05, 0.1) is 5.35 Å². The third-order valence-electron chi connectivity index (χ3n) is 5.98. The molecular weight excluding hydrogens is 385 g/mol. The van der Waals surface area contributed by atoms with E-state index >= 15 is 0 Å². The molecule has 1 heterocycles. The molecule has 2 nitrogen and oxygen atoms in total. The van der Waals surface area contributed by atoms with Crippen molar-refractivity contribution in [1.29, 1.82) is 0 Å². The maximum atomic E-state index is 14.3. The summed E-state index contributed by atoms with van der Waals surface area (Å²) in [5, 5.41) is 1.53. The fourth-order valence-electron chi connectivity index (χ4n) is 4.48. The first-order chi connectivity index (χ1) is 15.0. The van der Waals surface area contributed by atoms with Gasteiger partial charge in [0, 0.05) is 22.9 Å². The van der Waals surface area contributed by atoms with Crippen molar-refractivity contribution in [3.63, 3.8) is 0 Å². The van der Waals surface area contributed by atoms with Gasteiger partial charge in [0.1, 0.15) is 12.1 Å². The van der Waals surface area contributed by atoms with Crippen molar-refractivity contribution in [2.75, 3.05) is 0 Å². The Balaban J connectivity index is 2.28. The molecule has 0 spiro atoms. The Bertz CT molecular complexity index is 1120. The van der Waals surface area contributed by atoms with Gasteiger partial charge in [0.25, 0.3) is 0 Å². The number of H-pyrrole nitrogens is 1. The van der Waals surface area contributed by atoms with Gasteiger partial charge in [-0.2, -0.15) is 0 Å². The number of hydrogen-bond donors (Lipinski definition) is 1. The molecule has 162 valence electrons. The molecular formula is C28H32FNO. The number of carbonyl (C=O) groups excluding carboxylic acids is 1. The number of nitrogens with one attached hydrogen (secondary N) is 1. The van der Waals surface area contributed by atoms with Crippen LogP contribution in [0.3, 0.4) is 0 Å². The average Bonchev–Trinajstić information content (AvgIpc) is 3.18. The Morgan fingerprint density at radius 1 is 1.03 bits per heavy atom.